The highest BCUT2D eigenvalue weighted by Crippen LogP contribution is 2.32. The molecule has 0 saturated heterocycles. The molecule has 198 valence electrons. The number of aromatic nitrogens is 1. The van der Waals surface area contributed by atoms with E-state index in [0.717, 1.165) is 45.3 Å². The number of thioether (sulfide) groups is 1. The zero-order chi connectivity index (χ0) is 27.6. The lowest BCUT2D eigenvalue weighted by Gasteiger charge is -2.20. The second-order valence-electron chi connectivity index (χ2n) is 9.54. The van der Waals surface area contributed by atoms with Gasteiger partial charge in [0.25, 0.3) is 5.91 Å². The summed E-state index contributed by atoms with van der Waals surface area (Å²) in [5.74, 6) is 0.428. The number of hydrogen-bond acceptors (Lipinski definition) is 5. The van der Waals surface area contributed by atoms with Crippen molar-refractivity contribution in [3.05, 3.63) is 119 Å². The van der Waals surface area contributed by atoms with Crippen LogP contribution in [0.3, 0.4) is 0 Å². The average molecular weight is 546 g/mol. The number of amides is 1. The number of aliphatic imine (C=N–C) groups is 1. The van der Waals surface area contributed by atoms with Gasteiger partial charge in [0.15, 0.2) is 5.84 Å². The number of fused-ring (bicyclic) bond motifs is 2. The monoisotopic (exact) mass is 545 g/mol. The van der Waals surface area contributed by atoms with Gasteiger partial charge in [0.1, 0.15) is 17.4 Å². The first kappa shape index (κ1) is 25.6. The second kappa shape index (κ2) is 10.8. The number of allylic oxidation sites excluding steroid dienone is 1. The molecular formula is C32H27N5O2S. The Bertz CT molecular complexity index is 1750. The summed E-state index contributed by atoms with van der Waals surface area (Å²) in [6, 6.07) is 24.0. The highest BCUT2D eigenvalue weighted by Gasteiger charge is 2.36. The maximum Gasteiger partial charge on any atom is 0.283 e. The van der Waals surface area contributed by atoms with Gasteiger partial charge in [0.05, 0.1) is 12.1 Å². The molecule has 2 aliphatic heterocycles. The van der Waals surface area contributed by atoms with Crippen molar-refractivity contribution in [1.29, 1.82) is 5.41 Å². The van der Waals surface area contributed by atoms with Crippen LogP contribution in [0.2, 0.25) is 0 Å². The molecular weight excluding hydrogens is 518 g/mol. The molecule has 4 aromatic rings. The van der Waals surface area contributed by atoms with Crippen LogP contribution < -0.4 is 4.74 Å². The first-order chi connectivity index (χ1) is 19.5. The standard InChI is InChI=1S/C32H27N5O2S/c1-3-8-22-9-4-7-12-28(22)39-18-17-36-20-24(25-10-5-6-11-27(25)36)19-26-29(33)37-32(34-30(26)38)40-31(35-37)23-15-13-21(2)14-16-23/h3-7,9-16,19-20,33H,1,8,17-18H2,2H3/b26-19-,33-29?. The summed E-state index contributed by atoms with van der Waals surface area (Å²) in [6.45, 7) is 6.96. The van der Waals surface area contributed by atoms with E-state index in [1.54, 1.807) is 6.08 Å². The third-order valence-electron chi connectivity index (χ3n) is 6.80. The van der Waals surface area contributed by atoms with Crippen LogP contribution >= 0.6 is 11.8 Å². The van der Waals surface area contributed by atoms with Crippen molar-refractivity contribution < 1.29 is 9.53 Å². The van der Waals surface area contributed by atoms with E-state index in [1.807, 2.05) is 92.0 Å². The van der Waals surface area contributed by atoms with Crippen LogP contribution in [0.15, 0.2) is 107 Å². The molecule has 0 aliphatic carbocycles. The fourth-order valence-corrected chi connectivity index (χ4v) is 5.65. The fourth-order valence-electron chi connectivity index (χ4n) is 4.76. The van der Waals surface area contributed by atoms with E-state index in [4.69, 9.17) is 10.1 Å². The molecule has 0 unspecified atom stereocenters. The Labute approximate surface area is 236 Å². The fraction of sp³-hybridized carbons (Fsp3) is 0.125. The SMILES string of the molecule is C=CCc1ccccc1OCCn1cc(/C=C2/C(=N)N3N=C(c4ccc(C)cc4)SC3=NC2=O)c2ccccc21. The van der Waals surface area contributed by atoms with Gasteiger partial charge in [0, 0.05) is 28.2 Å². The lowest BCUT2D eigenvalue weighted by Crippen LogP contribution is -2.35. The Balaban J connectivity index is 1.26. The predicted molar refractivity (Wildman–Crippen MR) is 163 cm³/mol. The molecule has 40 heavy (non-hydrogen) atoms. The van der Waals surface area contributed by atoms with E-state index in [9.17, 15) is 4.79 Å². The van der Waals surface area contributed by atoms with Gasteiger partial charge in [-0.2, -0.15) is 15.1 Å². The average Bonchev–Trinajstić information content (AvgIpc) is 3.54. The lowest BCUT2D eigenvalue weighted by molar-refractivity contribution is -0.114. The molecule has 7 nitrogen and oxygen atoms in total. The maximum absolute atomic E-state index is 13.1. The molecule has 2 aliphatic rings. The Kier molecular flexibility index (Phi) is 6.92. The van der Waals surface area contributed by atoms with Crippen LogP contribution in [0, 0.1) is 12.3 Å². The Morgan fingerprint density at radius 3 is 2.65 bits per heavy atom. The Hall–Kier alpha value is -4.69. The Morgan fingerprint density at radius 1 is 1.05 bits per heavy atom. The third kappa shape index (κ3) is 4.89. The summed E-state index contributed by atoms with van der Waals surface area (Å²) in [6.07, 6.45) is 6.36. The summed E-state index contributed by atoms with van der Waals surface area (Å²) in [5.41, 5.74) is 5.24. The largest absolute Gasteiger partial charge is 0.491 e. The first-order valence-electron chi connectivity index (χ1n) is 13.0. The number of benzene rings is 3. The highest BCUT2D eigenvalue weighted by atomic mass is 32.2. The van der Waals surface area contributed by atoms with Crippen molar-refractivity contribution in [2.45, 2.75) is 19.9 Å². The van der Waals surface area contributed by atoms with Crippen molar-refractivity contribution in [2.24, 2.45) is 10.1 Å². The third-order valence-corrected chi connectivity index (χ3v) is 7.76. The minimum Gasteiger partial charge on any atom is -0.491 e. The van der Waals surface area contributed by atoms with Gasteiger partial charge in [0.2, 0.25) is 5.17 Å². The smallest absolute Gasteiger partial charge is 0.283 e. The zero-order valence-corrected chi connectivity index (χ0v) is 22.8. The summed E-state index contributed by atoms with van der Waals surface area (Å²) in [4.78, 5) is 17.3. The van der Waals surface area contributed by atoms with Gasteiger partial charge >= 0.3 is 0 Å². The molecule has 6 rings (SSSR count). The minimum atomic E-state index is -0.442. The summed E-state index contributed by atoms with van der Waals surface area (Å²) in [5, 5.41) is 17.0. The van der Waals surface area contributed by atoms with Crippen LogP contribution in [0.5, 0.6) is 5.75 Å². The van der Waals surface area contributed by atoms with Crippen molar-refractivity contribution in [3.63, 3.8) is 0 Å². The molecule has 0 bridgehead atoms. The van der Waals surface area contributed by atoms with Crippen molar-refractivity contribution in [3.8, 4) is 5.75 Å². The molecule has 0 saturated carbocycles. The zero-order valence-electron chi connectivity index (χ0n) is 22.0. The van der Waals surface area contributed by atoms with Crippen molar-refractivity contribution in [2.75, 3.05) is 6.61 Å². The van der Waals surface area contributed by atoms with Gasteiger partial charge in [-0.15, -0.1) is 6.58 Å². The van der Waals surface area contributed by atoms with E-state index >= 15 is 0 Å². The summed E-state index contributed by atoms with van der Waals surface area (Å²) in [7, 11) is 0. The van der Waals surface area contributed by atoms with Crippen molar-refractivity contribution >= 4 is 50.7 Å². The molecule has 1 N–H and O–H groups in total. The molecule has 0 fully saturated rings. The number of carbonyl (C=O) groups is 1. The van der Waals surface area contributed by atoms with Gasteiger partial charge in [-0.1, -0.05) is 72.3 Å². The van der Waals surface area contributed by atoms with Crippen molar-refractivity contribution in [1.82, 2.24) is 9.58 Å². The molecule has 1 aromatic heterocycles. The molecule has 8 heteroatoms. The first-order valence-corrected chi connectivity index (χ1v) is 13.8. The van der Waals surface area contributed by atoms with Crippen LogP contribution in [0.1, 0.15) is 22.3 Å². The second-order valence-corrected chi connectivity index (χ2v) is 10.5. The van der Waals surface area contributed by atoms with E-state index in [2.05, 4.69) is 21.2 Å². The van der Waals surface area contributed by atoms with E-state index < -0.39 is 5.91 Å². The van der Waals surface area contributed by atoms with Gasteiger partial charge in [-0.3, -0.25) is 10.2 Å². The van der Waals surface area contributed by atoms with Crippen LogP contribution in [-0.2, 0) is 17.8 Å². The summed E-state index contributed by atoms with van der Waals surface area (Å²) >= 11 is 1.30. The quantitative estimate of drug-likeness (QED) is 0.204. The molecule has 0 spiro atoms. The molecule has 0 radical (unpaired) electrons. The highest BCUT2D eigenvalue weighted by molar-refractivity contribution is 8.27. The number of nitrogens with one attached hydrogen (secondary N) is 1. The lowest BCUT2D eigenvalue weighted by atomic mass is 10.1. The van der Waals surface area contributed by atoms with E-state index in [0.29, 0.717) is 23.4 Å². The topological polar surface area (TPSA) is 83.0 Å². The summed E-state index contributed by atoms with van der Waals surface area (Å²) < 4.78 is 8.24. The minimum absolute atomic E-state index is 0.0172. The Morgan fingerprint density at radius 2 is 1.82 bits per heavy atom. The number of carbonyl (C=O) groups excluding carboxylic acids is 1. The number of amidine groups is 2. The number of hydrogen-bond donors (Lipinski definition) is 1. The van der Waals surface area contributed by atoms with Gasteiger partial charge in [-0.25, -0.2) is 0 Å². The van der Waals surface area contributed by atoms with Crippen LogP contribution in [-0.4, -0.2) is 38.1 Å². The van der Waals surface area contributed by atoms with Crippen LogP contribution in [0.25, 0.3) is 17.0 Å². The van der Waals surface area contributed by atoms with E-state index in [-0.39, 0.29) is 11.4 Å². The number of rotatable bonds is 8. The van der Waals surface area contributed by atoms with Gasteiger partial charge < -0.3 is 9.30 Å². The number of ether oxygens (including phenoxy) is 1. The number of para-hydroxylation sites is 2. The molecule has 3 heterocycles. The van der Waals surface area contributed by atoms with Gasteiger partial charge in [-0.05, 0) is 48.9 Å². The normalized spacial score (nSPS) is 15.8. The maximum atomic E-state index is 13.1. The number of aryl methyl sites for hydroxylation is 1. The number of nitrogens with zero attached hydrogens (tertiary/aromatic N) is 4. The molecule has 3 aromatic carbocycles. The van der Waals surface area contributed by atoms with E-state index in [1.165, 1.54) is 16.8 Å². The molecule has 1 amide bonds. The number of hydrazone groups is 1. The molecule has 0 atom stereocenters. The predicted octanol–water partition coefficient (Wildman–Crippen LogP) is 6.42. The van der Waals surface area contributed by atoms with Crippen LogP contribution in [0.4, 0.5) is 0 Å².